The molecule has 1 aromatic heterocycles. The number of carbonyl (C=O) groups excluding carboxylic acids is 2. The van der Waals surface area contributed by atoms with E-state index in [0.717, 1.165) is 24.2 Å². The number of H-pyrrole nitrogens is 1. The Balaban J connectivity index is 1.74. The van der Waals surface area contributed by atoms with E-state index in [1.54, 1.807) is 30.6 Å². The largest absolute Gasteiger partial charge is 0.465 e. The molecule has 1 amide bonds. The zero-order valence-corrected chi connectivity index (χ0v) is 12.3. The summed E-state index contributed by atoms with van der Waals surface area (Å²) in [5.74, 6) is -0.675. The molecule has 114 valence electrons. The Morgan fingerprint density at radius 3 is 3.00 bits per heavy atom. The predicted molar refractivity (Wildman–Crippen MR) is 80.5 cm³/mol. The number of methoxy groups -OCH3 is 1. The Morgan fingerprint density at radius 2 is 2.18 bits per heavy atom. The van der Waals surface area contributed by atoms with Crippen LogP contribution >= 0.6 is 0 Å². The minimum Gasteiger partial charge on any atom is -0.465 e. The lowest BCUT2D eigenvalue weighted by Gasteiger charge is -2.21. The first kappa shape index (κ1) is 14.3. The van der Waals surface area contributed by atoms with Crippen LogP contribution in [0.4, 0.5) is 5.69 Å². The number of aryl methyl sites for hydroxylation is 1. The molecule has 0 saturated carbocycles. The van der Waals surface area contributed by atoms with Crippen molar-refractivity contribution in [3.05, 3.63) is 47.5 Å². The van der Waals surface area contributed by atoms with Gasteiger partial charge in [0.25, 0.3) is 0 Å². The molecule has 3 rings (SSSR count). The molecule has 22 heavy (non-hydrogen) atoms. The summed E-state index contributed by atoms with van der Waals surface area (Å²) in [5, 5.41) is 2.84. The van der Waals surface area contributed by atoms with E-state index < -0.39 is 5.97 Å². The maximum absolute atomic E-state index is 12.5. The summed E-state index contributed by atoms with van der Waals surface area (Å²) in [5.41, 5.74) is 2.90. The SMILES string of the molecule is COC(=O)c1ccccc1NC(=O)C1CCc2nc[nH]c2C1. The van der Waals surface area contributed by atoms with Crippen molar-refractivity contribution in [3.8, 4) is 0 Å². The van der Waals surface area contributed by atoms with Gasteiger partial charge in [0.1, 0.15) is 0 Å². The smallest absolute Gasteiger partial charge is 0.339 e. The summed E-state index contributed by atoms with van der Waals surface area (Å²) in [6.07, 6.45) is 3.85. The van der Waals surface area contributed by atoms with Crippen LogP contribution in [0.5, 0.6) is 0 Å². The molecular weight excluding hydrogens is 282 g/mol. The number of aromatic nitrogens is 2. The van der Waals surface area contributed by atoms with E-state index in [9.17, 15) is 9.59 Å². The van der Waals surface area contributed by atoms with Gasteiger partial charge in [0.05, 0.1) is 30.4 Å². The Bertz CT molecular complexity index is 708. The van der Waals surface area contributed by atoms with Gasteiger partial charge in [-0.25, -0.2) is 9.78 Å². The van der Waals surface area contributed by atoms with E-state index in [4.69, 9.17) is 4.74 Å². The van der Waals surface area contributed by atoms with Crippen LogP contribution < -0.4 is 5.32 Å². The number of carbonyl (C=O) groups is 2. The number of hydrogen-bond acceptors (Lipinski definition) is 4. The molecule has 1 unspecified atom stereocenters. The van der Waals surface area contributed by atoms with Crippen LogP contribution in [0.2, 0.25) is 0 Å². The molecule has 6 nitrogen and oxygen atoms in total. The van der Waals surface area contributed by atoms with Crippen molar-refractivity contribution < 1.29 is 14.3 Å². The number of fused-ring (bicyclic) bond motifs is 1. The van der Waals surface area contributed by atoms with E-state index in [2.05, 4.69) is 15.3 Å². The number of aromatic amines is 1. The number of nitrogens with zero attached hydrogens (tertiary/aromatic N) is 1. The summed E-state index contributed by atoms with van der Waals surface area (Å²) >= 11 is 0. The molecule has 0 saturated heterocycles. The number of benzene rings is 1. The fourth-order valence-corrected chi connectivity index (χ4v) is 2.74. The van der Waals surface area contributed by atoms with Gasteiger partial charge < -0.3 is 15.0 Å². The number of imidazole rings is 1. The number of esters is 1. The Kier molecular flexibility index (Phi) is 3.91. The highest BCUT2D eigenvalue weighted by atomic mass is 16.5. The van der Waals surface area contributed by atoms with Gasteiger partial charge in [-0.2, -0.15) is 0 Å². The van der Waals surface area contributed by atoms with Crippen molar-refractivity contribution in [3.63, 3.8) is 0 Å². The Hall–Kier alpha value is -2.63. The zero-order chi connectivity index (χ0) is 15.5. The summed E-state index contributed by atoms with van der Waals surface area (Å²) in [4.78, 5) is 31.5. The second kappa shape index (κ2) is 6.01. The lowest BCUT2D eigenvalue weighted by Crippen LogP contribution is -2.29. The molecular formula is C16H17N3O3. The monoisotopic (exact) mass is 299 g/mol. The Morgan fingerprint density at radius 1 is 1.36 bits per heavy atom. The van der Waals surface area contributed by atoms with Gasteiger partial charge in [-0.15, -0.1) is 0 Å². The quantitative estimate of drug-likeness (QED) is 0.848. The predicted octanol–water partition coefficient (Wildman–Crippen LogP) is 1.94. The third kappa shape index (κ3) is 2.72. The van der Waals surface area contributed by atoms with Crippen LogP contribution in [0.15, 0.2) is 30.6 Å². The number of amides is 1. The minimum absolute atomic E-state index is 0.0865. The summed E-state index contributed by atoms with van der Waals surface area (Å²) in [6, 6.07) is 6.85. The number of rotatable bonds is 3. The number of anilines is 1. The molecule has 2 aromatic rings. The van der Waals surface area contributed by atoms with E-state index in [1.165, 1.54) is 7.11 Å². The highest BCUT2D eigenvalue weighted by Crippen LogP contribution is 2.25. The van der Waals surface area contributed by atoms with Crippen molar-refractivity contribution in [1.29, 1.82) is 0 Å². The van der Waals surface area contributed by atoms with Crippen molar-refractivity contribution >= 4 is 17.6 Å². The van der Waals surface area contributed by atoms with Gasteiger partial charge in [0, 0.05) is 18.0 Å². The topological polar surface area (TPSA) is 84.1 Å². The molecule has 0 spiro atoms. The summed E-state index contributed by atoms with van der Waals surface area (Å²) in [6.45, 7) is 0. The standard InChI is InChI=1S/C16H17N3O3/c1-22-16(21)11-4-2-3-5-12(11)19-15(20)10-6-7-13-14(8-10)18-9-17-13/h2-5,9-10H,6-8H2,1H3,(H,17,18)(H,19,20). The van der Waals surface area contributed by atoms with Crippen molar-refractivity contribution in [1.82, 2.24) is 9.97 Å². The lowest BCUT2D eigenvalue weighted by atomic mass is 9.89. The molecule has 0 fully saturated rings. The van der Waals surface area contributed by atoms with Gasteiger partial charge in [-0.3, -0.25) is 4.79 Å². The van der Waals surface area contributed by atoms with Crippen molar-refractivity contribution in [2.75, 3.05) is 12.4 Å². The molecule has 2 N–H and O–H groups in total. The van der Waals surface area contributed by atoms with Crippen LogP contribution in [0.1, 0.15) is 28.2 Å². The van der Waals surface area contributed by atoms with Gasteiger partial charge in [-0.1, -0.05) is 12.1 Å². The van der Waals surface area contributed by atoms with Gasteiger partial charge in [0.15, 0.2) is 0 Å². The normalized spacial score (nSPS) is 16.7. The third-order valence-electron chi connectivity index (χ3n) is 3.95. The number of ether oxygens (including phenoxy) is 1. The maximum Gasteiger partial charge on any atom is 0.339 e. The highest BCUT2D eigenvalue weighted by Gasteiger charge is 2.27. The van der Waals surface area contributed by atoms with Gasteiger partial charge in [-0.05, 0) is 25.0 Å². The van der Waals surface area contributed by atoms with Crippen LogP contribution in [0.3, 0.4) is 0 Å². The van der Waals surface area contributed by atoms with E-state index in [-0.39, 0.29) is 11.8 Å². The summed E-state index contributed by atoms with van der Waals surface area (Å²) < 4.78 is 4.74. The molecule has 1 atom stereocenters. The first-order valence-electron chi connectivity index (χ1n) is 7.18. The molecule has 6 heteroatoms. The van der Waals surface area contributed by atoms with E-state index >= 15 is 0 Å². The first-order valence-corrected chi connectivity index (χ1v) is 7.18. The third-order valence-corrected chi connectivity index (χ3v) is 3.95. The van der Waals surface area contributed by atoms with Gasteiger partial charge >= 0.3 is 5.97 Å². The molecule has 1 aliphatic rings. The van der Waals surface area contributed by atoms with Crippen LogP contribution in [-0.4, -0.2) is 29.0 Å². The maximum atomic E-state index is 12.5. The number of para-hydroxylation sites is 1. The fourth-order valence-electron chi connectivity index (χ4n) is 2.74. The second-order valence-electron chi connectivity index (χ2n) is 5.29. The molecule has 1 aromatic carbocycles. The average molecular weight is 299 g/mol. The van der Waals surface area contributed by atoms with Crippen LogP contribution in [0.25, 0.3) is 0 Å². The average Bonchev–Trinajstić information content (AvgIpc) is 3.02. The fraction of sp³-hybridized carbons (Fsp3) is 0.312. The number of nitrogens with one attached hydrogen (secondary N) is 2. The van der Waals surface area contributed by atoms with Crippen molar-refractivity contribution in [2.24, 2.45) is 5.92 Å². The highest BCUT2D eigenvalue weighted by molar-refractivity contribution is 6.01. The van der Waals surface area contributed by atoms with E-state index in [1.807, 2.05) is 0 Å². The zero-order valence-electron chi connectivity index (χ0n) is 12.3. The lowest BCUT2D eigenvalue weighted by molar-refractivity contribution is -0.120. The summed E-state index contributed by atoms with van der Waals surface area (Å²) in [7, 11) is 1.32. The Labute approximate surface area is 127 Å². The van der Waals surface area contributed by atoms with Gasteiger partial charge in [0.2, 0.25) is 5.91 Å². The molecule has 1 aliphatic carbocycles. The first-order chi connectivity index (χ1) is 10.7. The minimum atomic E-state index is -0.463. The second-order valence-corrected chi connectivity index (χ2v) is 5.29. The van der Waals surface area contributed by atoms with Crippen molar-refractivity contribution in [2.45, 2.75) is 19.3 Å². The van der Waals surface area contributed by atoms with Crippen LogP contribution in [-0.2, 0) is 22.4 Å². The molecule has 0 bridgehead atoms. The number of hydrogen-bond donors (Lipinski definition) is 2. The van der Waals surface area contributed by atoms with E-state index in [0.29, 0.717) is 17.7 Å². The van der Waals surface area contributed by atoms with Crippen LogP contribution in [0, 0.1) is 5.92 Å². The molecule has 0 aliphatic heterocycles. The molecule has 0 radical (unpaired) electrons. The molecule has 1 heterocycles.